The first-order valence-corrected chi connectivity index (χ1v) is 6.57. The quantitative estimate of drug-likeness (QED) is 0.937. The van der Waals surface area contributed by atoms with Gasteiger partial charge in [0, 0.05) is 25.1 Å². The van der Waals surface area contributed by atoms with Crippen LogP contribution in [0.4, 0.5) is 11.4 Å². The van der Waals surface area contributed by atoms with Gasteiger partial charge in [0.1, 0.15) is 0 Å². The molecular formula is C14H16BrN3. The van der Waals surface area contributed by atoms with Crippen molar-refractivity contribution in [2.45, 2.75) is 6.54 Å². The lowest BCUT2D eigenvalue weighted by Crippen LogP contribution is -2.16. The van der Waals surface area contributed by atoms with Crippen molar-refractivity contribution in [3.63, 3.8) is 0 Å². The van der Waals surface area contributed by atoms with Gasteiger partial charge in [-0.05, 0) is 23.8 Å². The molecule has 0 aliphatic carbocycles. The molecule has 0 unspecified atom stereocenters. The molecule has 2 aromatic rings. The Morgan fingerprint density at radius 2 is 2.11 bits per heavy atom. The predicted octanol–water partition coefficient (Wildman–Crippen LogP) is 3.52. The van der Waals surface area contributed by atoms with Crippen LogP contribution in [-0.4, -0.2) is 19.1 Å². The van der Waals surface area contributed by atoms with Crippen LogP contribution in [0.2, 0.25) is 0 Å². The molecule has 1 aromatic carbocycles. The minimum Gasteiger partial charge on any atom is -0.387 e. The van der Waals surface area contributed by atoms with Gasteiger partial charge >= 0.3 is 0 Å². The average Bonchev–Trinajstić information content (AvgIpc) is 2.39. The lowest BCUT2D eigenvalue weighted by Gasteiger charge is -2.19. The van der Waals surface area contributed by atoms with Crippen LogP contribution in [0.3, 0.4) is 0 Å². The van der Waals surface area contributed by atoms with Crippen molar-refractivity contribution in [2.24, 2.45) is 0 Å². The highest BCUT2D eigenvalue weighted by molar-refractivity contribution is 9.10. The summed E-state index contributed by atoms with van der Waals surface area (Å²) in [4.78, 5) is 6.40. The van der Waals surface area contributed by atoms with Crippen LogP contribution in [0.15, 0.2) is 47.2 Å². The summed E-state index contributed by atoms with van der Waals surface area (Å²) in [5.41, 5.74) is 3.39. The number of benzene rings is 1. The molecule has 0 amide bonds. The Hall–Kier alpha value is -1.55. The summed E-state index contributed by atoms with van der Waals surface area (Å²) in [6.45, 7) is 0.855. The van der Waals surface area contributed by atoms with Crippen LogP contribution < -0.4 is 10.2 Å². The van der Waals surface area contributed by atoms with Crippen LogP contribution in [0, 0.1) is 0 Å². The van der Waals surface area contributed by atoms with Gasteiger partial charge in [-0.2, -0.15) is 0 Å². The molecule has 0 aliphatic rings. The summed E-state index contributed by atoms with van der Waals surface area (Å²) in [5.74, 6) is 0. The minimum absolute atomic E-state index is 0.855. The molecule has 0 spiro atoms. The largest absolute Gasteiger partial charge is 0.387 e. The van der Waals surface area contributed by atoms with Crippen LogP contribution in [0.25, 0.3) is 0 Å². The maximum atomic E-state index is 4.22. The fraction of sp³-hybridized carbons (Fsp3) is 0.214. The lowest BCUT2D eigenvalue weighted by atomic mass is 10.2. The third-order valence-electron chi connectivity index (χ3n) is 2.76. The maximum Gasteiger partial charge on any atom is 0.0573 e. The molecule has 94 valence electrons. The van der Waals surface area contributed by atoms with Crippen molar-refractivity contribution >= 4 is 27.3 Å². The molecule has 4 heteroatoms. The average molecular weight is 306 g/mol. The van der Waals surface area contributed by atoms with E-state index in [-0.39, 0.29) is 0 Å². The van der Waals surface area contributed by atoms with Crippen molar-refractivity contribution in [3.05, 3.63) is 52.8 Å². The zero-order valence-corrected chi connectivity index (χ0v) is 12.1. The number of aromatic nitrogens is 1. The second kappa shape index (κ2) is 5.87. The smallest absolute Gasteiger partial charge is 0.0573 e. The number of anilines is 2. The molecule has 18 heavy (non-hydrogen) atoms. The summed E-state index contributed by atoms with van der Waals surface area (Å²) in [6, 6.07) is 10.4. The number of hydrogen-bond donors (Lipinski definition) is 1. The first-order valence-electron chi connectivity index (χ1n) is 5.77. The van der Waals surface area contributed by atoms with Gasteiger partial charge in [0.2, 0.25) is 0 Å². The van der Waals surface area contributed by atoms with E-state index in [0.717, 1.165) is 22.4 Å². The molecule has 0 saturated carbocycles. The molecule has 2 rings (SSSR count). The van der Waals surface area contributed by atoms with E-state index in [0.29, 0.717) is 0 Å². The van der Waals surface area contributed by atoms with Gasteiger partial charge in [0.25, 0.3) is 0 Å². The summed E-state index contributed by atoms with van der Waals surface area (Å²) >= 11 is 3.49. The van der Waals surface area contributed by atoms with Crippen molar-refractivity contribution in [2.75, 3.05) is 24.3 Å². The standard InChI is InChI=1S/C14H16BrN3/c1-16-13-7-14(9-17-8-13)18(2)10-11-4-3-5-12(15)6-11/h3-9,16H,10H2,1-2H3. The Balaban J connectivity index is 2.13. The van der Waals surface area contributed by atoms with E-state index in [1.807, 2.05) is 25.5 Å². The van der Waals surface area contributed by atoms with Crippen LogP contribution in [0.1, 0.15) is 5.56 Å². The monoisotopic (exact) mass is 305 g/mol. The number of nitrogens with zero attached hydrogens (tertiary/aromatic N) is 2. The molecule has 0 radical (unpaired) electrons. The first-order chi connectivity index (χ1) is 8.69. The lowest BCUT2D eigenvalue weighted by molar-refractivity contribution is 0.917. The molecule has 0 saturated heterocycles. The summed E-state index contributed by atoms with van der Waals surface area (Å²) < 4.78 is 1.11. The Morgan fingerprint density at radius 3 is 2.83 bits per heavy atom. The second-order valence-corrected chi connectivity index (χ2v) is 5.08. The van der Waals surface area contributed by atoms with Crippen molar-refractivity contribution in [1.82, 2.24) is 4.98 Å². The number of rotatable bonds is 4. The predicted molar refractivity (Wildman–Crippen MR) is 80.0 cm³/mol. The SMILES string of the molecule is CNc1cncc(N(C)Cc2cccc(Br)c2)c1. The molecule has 0 bridgehead atoms. The normalized spacial score (nSPS) is 10.2. The highest BCUT2D eigenvalue weighted by Crippen LogP contribution is 2.19. The van der Waals surface area contributed by atoms with E-state index in [4.69, 9.17) is 0 Å². The Bertz CT molecular complexity index is 528. The van der Waals surface area contributed by atoms with Gasteiger partial charge < -0.3 is 10.2 Å². The van der Waals surface area contributed by atoms with E-state index in [9.17, 15) is 0 Å². The first kappa shape index (κ1) is 12.9. The van der Waals surface area contributed by atoms with Crippen LogP contribution in [0.5, 0.6) is 0 Å². The van der Waals surface area contributed by atoms with E-state index >= 15 is 0 Å². The molecular weight excluding hydrogens is 290 g/mol. The summed E-state index contributed by atoms with van der Waals surface area (Å²) in [5, 5.41) is 3.10. The Labute approximate surface area is 116 Å². The van der Waals surface area contributed by atoms with Gasteiger partial charge in [0.15, 0.2) is 0 Å². The van der Waals surface area contributed by atoms with Gasteiger partial charge in [-0.15, -0.1) is 0 Å². The number of halogens is 1. The Kier molecular flexibility index (Phi) is 4.20. The number of nitrogens with one attached hydrogen (secondary N) is 1. The molecule has 0 fully saturated rings. The fourth-order valence-electron chi connectivity index (χ4n) is 1.77. The van der Waals surface area contributed by atoms with Crippen molar-refractivity contribution in [3.8, 4) is 0 Å². The highest BCUT2D eigenvalue weighted by atomic mass is 79.9. The molecule has 3 nitrogen and oxygen atoms in total. The summed E-state index contributed by atoms with van der Waals surface area (Å²) in [6.07, 6.45) is 3.69. The van der Waals surface area contributed by atoms with Gasteiger partial charge in [-0.3, -0.25) is 4.98 Å². The third kappa shape index (κ3) is 3.23. The highest BCUT2D eigenvalue weighted by Gasteiger charge is 2.03. The van der Waals surface area contributed by atoms with Crippen LogP contribution in [-0.2, 0) is 6.54 Å². The van der Waals surface area contributed by atoms with Gasteiger partial charge in [0.05, 0.1) is 23.8 Å². The second-order valence-electron chi connectivity index (χ2n) is 4.17. The third-order valence-corrected chi connectivity index (χ3v) is 3.26. The summed E-state index contributed by atoms with van der Waals surface area (Å²) in [7, 11) is 3.96. The molecule has 1 N–H and O–H groups in total. The minimum atomic E-state index is 0.855. The zero-order chi connectivity index (χ0) is 13.0. The topological polar surface area (TPSA) is 28.2 Å². The molecule has 0 aliphatic heterocycles. The van der Waals surface area contributed by atoms with Crippen molar-refractivity contribution < 1.29 is 0 Å². The van der Waals surface area contributed by atoms with E-state index in [1.165, 1.54) is 5.56 Å². The molecule has 1 heterocycles. The van der Waals surface area contributed by atoms with E-state index in [2.05, 4.69) is 62.4 Å². The Morgan fingerprint density at radius 1 is 1.28 bits per heavy atom. The fourth-order valence-corrected chi connectivity index (χ4v) is 2.22. The van der Waals surface area contributed by atoms with Gasteiger partial charge in [-0.1, -0.05) is 28.1 Å². The zero-order valence-electron chi connectivity index (χ0n) is 10.5. The number of hydrogen-bond acceptors (Lipinski definition) is 3. The van der Waals surface area contributed by atoms with Gasteiger partial charge in [-0.25, -0.2) is 0 Å². The van der Waals surface area contributed by atoms with Crippen molar-refractivity contribution in [1.29, 1.82) is 0 Å². The van der Waals surface area contributed by atoms with Crippen LogP contribution >= 0.6 is 15.9 Å². The molecule has 0 atom stereocenters. The molecule has 1 aromatic heterocycles. The van der Waals surface area contributed by atoms with E-state index < -0.39 is 0 Å². The van der Waals surface area contributed by atoms with E-state index in [1.54, 1.807) is 0 Å². The maximum absolute atomic E-state index is 4.22. The number of pyridine rings is 1.